The number of carboxylic acid groups (broad SMARTS) is 1. The fraction of sp³-hybridized carbons (Fsp3) is 0.385. The molecule has 4 N–H and O–H groups in total. The fourth-order valence-corrected chi connectivity index (χ4v) is 4.55. The highest BCUT2D eigenvalue weighted by molar-refractivity contribution is 5.87. The first-order valence-corrected chi connectivity index (χ1v) is 11.9. The van der Waals surface area contributed by atoms with Crippen LogP contribution in [0.1, 0.15) is 61.9 Å². The molecule has 0 amide bonds. The number of nitrogens with one attached hydrogen (secondary N) is 1. The molecular formula is C26H32N6O2. The van der Waals surface area contributed by atoms with Gasteiger partial charge < -0.3 is 21.1 Å². The summed E-state index contributed by atoms with van der Waals surface area (Å²) in [6, 6.07) is 10.3. The maximum Gasteiger partial charge on any atom is 0.328 e. The van der Waals surface area contributed by atoms with Gasteiger partial charge in [-0.2, -0.15) is 4.98 Å². The molecule has 1 unspecified atom stereocenters. The summed E-state index contributed by atoms with van der Waals surface area (Å²) in [7, 11) is 0. The van der Waals surface area contributed by atoms with E-state index in [0.717, 1.165) is 60.7 Å². The number of aromatic nitrogens is 3. The zero-order valence-corrected chi connectivity index (χ0v) is 19.8. The monoisotopic (exact) mass is 460 g/mol. The SMILES string of the molecule is CCC(Nc1nc(N)nc(C)c1C=CC(=O)O)c1cc2ccccc2nc1N1CCCCCC1. The van der Waals surface area contributed by atoms with Gasteiger partial charge in [-0.1, -0.05) is 38.0 Å². The number of aryl methyl sites for hydroxylation is 1. The summed E-state index contributed by atoms with van der Waals surface area (Å²) < 4.78 is 0. The van der Waals surface area contributed by atoms with E-state index in [4.69, 9.17) is 15.8 Å². The van der Waals surface area contributed by atoms with Gasteiger partial charge >= 0.3 is 5.97 Å². The number of anilines is 3. The second kappa shape index (κ2) is 10.5. The number of fused-ring (bicyclic) bond motifs is 1. The average Bonchev–Trinajstić information content (AvgIpc) is 3.10. The maximum atomic E-state index is 11.1. The molecule has 2 aromatic heterocycles. The van der Waals surface area contributed by atoms with E-state index >= 15 is 0 Å². The Morgan fingerprint density at radius 1 is 1.18 bits per heavy atom. The molecule has 1 fully saturated rings. The molecule has 34 heavy (non-hydrogen) atoms. The summed E-state index contributed by atoms with van der Waals surface area (Å²) in [5.74, 6) is 0.633. The van der Waals surface area contributed by atoms with Crippen molar-refractivity contribution in [1.82, 2.24) is 15.0 Å². The number of nitrogens with zero attached hydrogens (tertiary/aromatic N) is 4. The van der Waals surface area contributed by atoms with Crippen molar-refractivity contribution >= 4 is 40.5 Å². The highest BCUT2D eigenvalue weighted by Gasteiger charge is 2.23. The molecule has 3 heterocycles. The zero-order chi connectivity index (χ0) is 24.1. The smallest absolute Gasteiger partial charge is 0.328 e. The highest BCUT2D eigenvalue weighted by Crippen LogP contribution is 2.34. The van der Waals surface area contributed by atoms with E-state index in [1.165, 1.54) is 18.9 Å². The van der Waals surface area contributed by atoms with Gasteiger partial charge in [0.2, 0.25) is 5.95 Å². The lowest BCUT2D eigenvalue weighted by atomic mass is 10.0. The molecule has 1 atom stereocenters. The van der Waals surface area contributed by atoms with Crippen LogP contribution in [0.15, 0.2) is 36.4 Å². The number of pyridine rings is 1. The standard InChI is InChI=1S/C26H32N6O2/c1-3-21(29-24-19(12-13-23(33)34)17(2)28-26(27)31-24)20-16-18-10-6-7-11-22(18)30-25(20)32-14-8-4-5-9-15-32/h6-7,10-13,16,21H,3-5,8-9,14-15H2,1-2H3,(H,33,34)(H3,27,28,29,31). The molecule has 1 aliphatic rings. The number of carbonyl (C=O) groups is 1. The molecule has 1 saturated heterocycles. The normalized spacial score (nSPS) is 15.4. The third kappa shape index (κ3) is 5.27. The zero-order valence-electron chi connectivity index (χ0n) is 19.8. The van der Waals surface area contributed by atoms with E-state index in [2.05, 4.69) is 45.3 Å². The molecule has 3 aromatic rings. The first kappa shape index (κ1) is 23.5. The number of hydrogen-bond acceptors (Lipinski definition) is 7. The number of benzene rings is 1. The first-order valence-electron chi connectivity index (χ1n) is 11.9. The minimum atomic E-state index is -1.03. The van der Waals surface area contributed by atoms with E-state index in [9.17, 15) is 4.79 Å². The Bertz CT molecular complexity index is 1200. The molecule has 4 rings (SSSR count). The Kier molecular flexibility index (Phi) is 7.25. The van der Waals surface area contributed by atoms with Gasteiger partial charge in [0.15, 0.2) is 0 Å². The molecule has 0 saturated carbocycles. The topological polar surface area (TPSA) is 117 Å². The fourth-order valence-electron chi connectivity index (χ4n) is 4.55. The predicted molar refractivity (Wildman–Crippen MR) is 137 cm³/mol. The molecule has 1 aromatic carbocycles. The Morgan fingerprint density at radius 2 is 1.91 bits per heavy atom. The molecule has 0 aliphatic carbocycles. The van der Waals surface area contributed by atoms with Gasteiger partial charge in [0.1, 0.15) is 11.6 Å². The van der Waals surface area contributed by atoms with Gasteiger partial charge in [-0.3, -0.25) is 0 Å². The Morgan fingerprint density at radius 3 is 2.62 bits per heavy atom. The van der Waals surface area contributed by atoms with E-state index < -0.39 is 5.97 Å². The van der Waals surface area contributed by atoms with Crippen LogP contribution in [0, 0.1) is 6.92 Å². The largest absolute Gasteiger partial charge is 0.478 e. The summed E-state index contributed by atoms with van der Waals surface area (Å²) in [4.78, 5) is 27.3. The summed E-state index contributed by atoms with van der Waals surface area (Å²) in [6.45, 7) is 5.89. The van der Waals surface area contributed by atoms with Crippen molar-refractivity contribution in [2.24, 2.45) is 0 Å². The molecule has 8 nitrogen and oxygen atoms in total. The molecule has 178 valence electrons. The number of aliphatic carboxylic acids is 1. The van der Waals surface area contributed by atoms with E-state index in [0.29, 0.717) is 17.1 Å². The maximum absolute atomic E-state index is 11.1. The van der Waals surface area contributed by atoms with Crippen molar-refractivity contribution in [2.75, 3.05) is 29.0 Å². The van der Waals surface area contributed by atoms with Crippen molar-refractivity contribution < 1.29 is 9.90 Å². The average molecular weight is 461 g/mol. The highest BCUT2D eigenvalue weighted by atomic mass is 16.4. The lowest BCUT2D eigenvalue weighted by Crippen LogP contribution is -2.28. The third-order valence-corrected chi connectivity index (χ3v) is 6.28. The molecule has 0 radical (unpaired) electrons. The number of hydrogen-bond donors (Lipinski definition) is 3. The van der Waals surface area contributed by atoms with Crippen LogP contribution < -0.4 is 16.0 Å². The van der Waals surface area contributed by atoms with Crippen molar-refractivity contribution in [3.8, 4) is 0 Å². The minimum absolute atomic E-state index is 0.0963. The van der Waals surface area contributed by atoms with Gasteiger partial charge in [0, 0.05) is 35.7 Å². The van der Waals surface area contributed by atoms with Gasteiger partial charge in [-0.25, -0.2) is 14.8 Å². The summed E-state index contributed by atoms with van der Waals surface area (Å²) in [6.07, 6.45) is 8.19. The van der Waals surface area contributed by atoms with Crippen LogP contribution in [-0.4, -0.2) is 39.1 Å². The Hall–Kier alpha value is -3.68. The number of rotatable bonds is 7. The molecule has 0 bridgehead atoms. The lowest BCUT2D eigenvalue weighted by molar-refractivity contribution is -0.131. The van der Waals surface area contributed by atoms with Gasteiger partial charge in [0.05, 0.1) is 17.3 Å². The van der Waals surface area contributed by atoms with Crippen LogP contribution in [0.5, 0.6) is 0 Å². The van der Waals surface area contributed by atoms with Crippen LogP contribution >= 0.6 is 0 Å². The van der Waals surface area contributed by atoms with Crippen LogP contribution in [0.3, 0.4) is 0 Å². The number of nitrogen functional groups attached to an aromatic ring is 1. The van der Waals surface area contributed by atoms with E-state index in [-0.39, 0.29) is 12.0 Å². The molecule has 8 heteroatoms. The van der Waals surface area contributed by atoms with E-state index in [1.807, 2.05) is 12.1 Å². The van der Waals surface area contributed by atoms with Crippen molar-refractivity contribution in [3.63, 3.8) is 0 Å². The van der Waals surface area contributed by atoms with Crippen LogP contribution in [0.2, 0.25) is 0 Å². The quantitative estimate of drug-likeness (QED) is 0.424. The number of para-hydroxylation sites is 1. The van der Waals surface area contributed by atoms with Crippen LogP contribution in [-0.2, 0) is 4.79 Å². The first-order chi connectivity index (χ1) is 16.5. The summed E-state index contributed by atoms with van der Waals surface area (Å²) in [5, 5.41) is 13.8. The number of carboxylic acids is 1. The van der Waals surface area contributed by atoms with Crippen molar-refractivity contribution in [2.45, 2.75) is 52.0 Å². The van der Waals surface area contributed by atoms with Gasteiger partial charge in [-0.05, 0) is 44.4 Å². The molecule has 1 aliphatic heterocycles. The molecular weight excluding hydrogens is 428 g/mol. The second-order valence-electron chi connectivity index (χ2n) is 8.70. The van der Waals surface area contributed by atoms with Crippen LogP contribution in [0.25, 0.3) is 17.0 Å². The second-order valence-corrected chi connectivity index (χ2v) is 8.70. The van der Waals surface area contributed by atoms with Crippen LogP contribution in [0.4, 0.5) is 17.6 Å². The van der Waals surface area contributed by atoms with Gasteiger partial charge in [0.25, 0.3) is 0 Å². The van der Waals surface area contributed by atoms with Crippen molar-refractivity contribution in [1.29, 1.82) is 0 Å². The Balaban J connectivity index is 1.80. The van der Waals surface area contributed by atoms with Gasteiger partial charge in [-0.15, -0.1) is 0 Å². The number of nitrogens with two attached hydrogens (primary N) is 1. The predicted octanol–water partition coefficient (Wildman–Crippen LogP) is 4.96. The van der Waals surface area contributed by atoms with Crippen molar-refractivity contribution in [3.05, 3.63) is 53.2 Å². The minimum Gasteiger partial charge on any atom is -0.478 e. The summed E-state index contributed by atoms with van der Waals surface area (Å²) in [5.41, 5.74) is 9.27. The third-order valence-electron chi connectivity index (χ3n) is 6.28. The van der Waals surface area contributed by atoms with E-state index in [1.54, 1.807) is 6.92 Å². The summed E-state index contributed by atoms with van der Waals surface area (Å²) >= 11 is 0. The molecule has 0 spiro atoms. The lowest BCUT2D eigenvalue weighted by Gasteiger charge is -2.29. The Labute approximate surface area is 199 Å².